The summed E-state index contributed by atoms with van der Waals surface area (Å²) in [6.45, 7) is 5.41. The van der Waals surface area contributed by atoms with Crippen molar-refractivity contribution < 1.29 is 22.7 Å². The number of carbonyl (C=O) groups excluding carboxylic acids is 1. The van der Waals surface area contributed by atoms with Gasteiger partial charge in [0.1, 0.15) is 17.7 Å². The minimum Gasteiger partial charge on any atom is -0.490 e. The summed E-state index contributed by atoms with van der Waals surface area (Å²) in [5, 5.41) is -0.0815. The molecule has 2 aromatic carbocycles. The number of benzene rings is 2. The Balaban J connectivity index is 1.36. The van der Waals surface area contributed by atoms with Gasteiger partial charge < -0.3 is 14.4 Å². The van der Waals surface area contributed by atoms with Gasteiger partial charge in [-0.1, -0.05) is 36.7 Å². The quantitative estimate of drug-likeness (QED) is 0.316. The Kier molecular flexibility index (Phi) is 8.79. The fraction of sp³-hybridized carbons (Fsp3) is 0.486. The summed E-state index contributed by atoms with van der Waals surface area (Å²) in [5.41, 5.74) is 3.36. The molecule has 48 heavy (non-hydrogen) atoms. The number of sulfonamides is 1. The lowest BCUT2D eigenvalue weighted by Gasteiger charge is -2.50. The van der Waals surface area contributed by atoms with Crippen LogP contribution in [-0.2, 0) is 32.2 Å². The van der Waals surface area contributed by atoms with E-state index in [0.29, 0.717) is 31.9 Å². The van der Waals surface area contributed by atoms with E-state index in [4.69, 9.17) is 21.1 Å². The number of amides is 1. The number of hydrogen-bond acceptors (Lipinski definition) is 8. The smallest absolute Gasteiger partial charge is 0.264 e. The van der Waals surface area contributed by atoms with Gasteiger partial charge in [0.15, 0.2) is 0 Å². The summed E-state index contributed by atoms with van der Waals surface area (Å²) in [7, 11) is -2.24. The van der Waals surface area contributed by atoms with Crippen LogP contribution in [0.15, 0.2) is 67.3 Å². The number of methoxy groups -OCH3 is 1. The summed E-state index contributed by atoms with van der Waals surface area (Å²) < 4.78 is 42.4. The van der Waals surface area contributed by atoms with E-state index in [1.807, 2.05) is 37.5 Å². The van der Waals surface area contributed by atoms with E-state index < -0.39 is 26.8 Å². The number of hydrogen-bond donors (Lipinski definition) is 1. The van der Waals surface area contributed by atoms with Gasteiger partial charge in [0, 0.05) is 60.1 Å². The van der Waals surface area contributed by atoms with Crippen molar-refractivity contribution in [1.29, 1.82) is 0 Å². The van der Waals surface area contributed by atoms with Gasteiger partial charge in [-0.2, -0.15) is 0 Å². The first-order valence-electron chi connectivity index (χ1n) is 16.9. The number of fused-ring (bicyclic) bond motifs is 4. The van der Waals surface area contributed by atoms with Crippen molar-refractivity contribution in [2.24, 2.45) is 17.8 Å². The van der Waals surface area contributed by atoms with E-state index in [2.05, 4.69) is 37.8 Å². The molecule has 0 saturated heterocycles. The molecule has 254 valence electrons. The normalized spacial score (nSPS) is 32.1. The molecule has 9 nitrogen and oxygen atoms in total. The molecule has 1 amide bonds. The summed E-state index contributed by atoms with van der Waals surface area (Å²) in [6, 6.07) is 11.5. The third-order valence-electron chi connectivity index (χ3n) is 11.5. The molecule has 1 aromatic heterocycles. The van der Waals surface area contributed by atoms with E-state index in [-0.39, 0.29) is 28.7 Å². The number of ether oxygens (including phenoxy) is 2. The predicted molar refractivity (Wildman–Crippen MR) is 186 cm³/mol. The number of nitrogens with one attached hydrogen (secondary N) is 1. The van der Waals surface area contributed by atoms with Crippen LogP contribution in [-0.4, -0.2) is 56.3 Å². The lowest BCUT2D eigenvalue weighted by atomic mass is 9.62. The van der Waals surface area contributed by atoms with Gasteiger partial charge in [-0.25, -0.2) is 23.1 Å². The third-order valence-corrected chi connectivity index (χ3v) is 13.6. The Hall–Kier alpha value is -3.47. The monoisotopic (exact) mass is 690 g/mol. The summed E-state index contributed by atoms with van der Waals surface area (Å²) in [4.78, 5) is 24.6. The topological polar surface area (TPSA) is 111 Å². The van der Waals surface area contributed by atoms with Crippen molar-refractivity contribution in [1.82, 2.24) is 14.7 Å². The van der Waals surface area contributed by atoms with Crippen molar-refractivity contribution in [3.05, 3.63) is 94.5 Å². The minimum absolute atomic E-state index is 0.113. The number of rotatable bonds is 2. The number of carbonyl (C=O) groups is 1. The van der Waals surface area contributed by atoms with E-state index in [1.165, 1.54) is 17.5 Å². The maximum atomic E-state index is 13.5. The van der Waals surface area contributed by atoms with Crippen LogP contribution in [0.4, 0.5) is 5.69 Å². The van der Waals surface area contributed by atoms with Crippen molar-refractivity contribution in [3.63, 3.8) is 0 Å². The zero-order chi connectivity index (χ0) is 33.7. The number of allylic oxidation sites excluding steroid dienone is 1. The van der Waals surface area contributed by atoms with Crippen LogP contribution in [0.1, 0.15) is 73.0 Å². The second kappa shape index (κ2) is 12.8. The minimum atomic E-state index is -3.97. The van der Waals surface area contributed by atoms with Crippen LogP contribution >= 0.6 is 11.6 Å². The molecule has 1 N–H and O–H groups in total. The molecule has 0 unspecified atom stereocenters. The Labute approximate surface area is 288 Å². The lowest BCUT2D eigenvalue weighted by Crippen LogP contribution is -2.52. The molecule has 3 heterocycles. The molecular weight excluding hydrogens is 648 g/mol. The van der Waals surface area contributed by atoms with Gasteiger partial charge in [0.2, 0.25) is 10.0 Å². The van der Waals surface area contributed by atoms with Crippen molar-refractivity contribution in [2.45, 2.75) is 68.6 Å². The van der Waals surface area contributed by atoms with E-state index in [0.717, 1.165) is 48.4 Å². The number of nitrogens with zero attached hydrogens (tertiary/aromatic N) is 3. The molecule has 2 bridgehead atoms. The SMILES string of the molecule is CO[C@@]1(c2cncnc2)/C=C\C[C@H](C)[C@@H](C)S(=O)(=O)NC(=O)c2ccc3c(c2)N(C[C@@H]2CC[C@H]21)C[C@@]1(CCCc2cc(Cl)ccc21)CO3. The highest BCUT2D eigenvalue weighted by atomic mass is 35.5. The zero-order valence-corrected chi connectivity index (χ0v) is 29.3. The van der Waals surface area contributed by atoms with Crippen LogP contribution in [0, 0.1) is 17.8 Å². The molecule has 2 aliphatic carbocycles. The van der Waals surface area contributed by atoms with Crippen molar-refractivity contribution >= 4 is 33.2 Å². The molecule has 1 fully saturated rings. The second-order valence-electron chi connectivity index (χ2n) is 14.2. The lowest BCUT2D eigenvalue weighted by molar-refractivity contribution is -0.0808. The molecule has 11 heteroatoms. The zero-order valence-electron chi connectivity index (χ0n) is 27.7. The van der Waals surface area contributed by atoms with Crippen LogP contribution in [0.2, 0.25) is 5.02 Å². The van der Waals surface area contributed by atoms with E-state index in [9.17, 15) is 13.2 Å². The van der Waals surface area contributed by atoms with Gasteiger partial charge in [-0.3, -0.25) is 4.79 Å². The molecule has 3 aromatic rings. The van der Waals surface area contributed by atoms with Crippen LogP contribution in [0.25, 0.3) is 0 Å². The molecule has 0 radical (unpaired) electrons. The second-order valence-corrected chi connectivity index (χ2v) is 16.6. The maximum Gasteiger partial charge on any atom is 0.264 e. The molecule has 6 atom stereocenters. The van der Waals surface area contributed by atoms with Gasteiger partial charge >= 0.3 is 0 Å². The average Bonchev–Trinajstić information content (AvgIpc) is 3.22. The summed E-state index contributed by atoms with van der Waals surface area (Å²) in [5.74, 6) is 0.133. The summed E-state index contributed by atoms with van der Waals surface area (Å²) >= 11 is 6.46. The predicted octanol–water partition coefficient (Wildman–Crippen LogP) is 6.22. The Morgan fingerprint density at radius 3 is 2.67 bits per heavy atom. The summed E-state index contributed by atoms with van der Waals surface area (Å²) in [6.07, 6.45) is 14.6. The number of halogens is 1. The molecule has 7 rings (SSSR count). The number of aryl methyl sites for hydroxylation is 1. The maximum absolute atomic E-state index is 13.5. The van der Waals surface area contributed by atoms with Gasteiger partial charge in [-0.05, 0) is 98.7 Å². The molecular formula is C37H43ClN4O5S. The molecule has 1 saturated carbocycles. The van der Waals surface area contributed by atoms with Gasteiger partial charge in [-0.15, -0.1) is 0 Å². The fourth-order valence-electron chi connectivity index (χ4n) is 8.40. The third kappa shape index (κ3) is 5.79. The largest absolute Gasteiger partial charge is 0.490 e. The molecule has 2 aliphatic heterocycles. The molecule has 4 aliphatic rings. The van der Waals surface area contributed by atoms with Gasteiger partial charge in [0.25, 0.3) is 5.91 Å². The first-order valence-corrected chi connectivity index (χ1v) is 18.8. The Morgan fingerprint density at radius 2 is 1.92 bits per heavy atom. The first-order chi connectivity index (χ1) is 23.0. The molecule has 1 spiro atoms. The van der Waals surface area contributed by atoms with Gasteiger partial charge in [0.05, 0.1) is 17.5 Å². The van der Waals surface area contributed by atoms with E-state index >= 15 is 0 Å². The number of anilines is 1. The van der Waals surface area contributed by atoms with Crippen molar-refractivity contribution in [3.8, 4) is 5.75 Å². The highest BCUT2D eigenvalue weighted by molar-refractivity contribution is 7.90. The Morgan fingerprint density at radius 1 is 1.10 bits per heavy atom. The van der Waals surface area contributed by atoms with Crippen LogP contribution in [0.5, 0.6) is 5.75 Å². The number of aromatic nitrogens is 2. The van der Waals surface area contributed by atoms with Crippen molar-refractivity contribution in [2.75, 3.05) is 31.7 Å². The standard InChI is InChI=1S/C37H43ClN4O5S/c1-24-6-4-15-37(46-3,29-18-39-23-40-19-29)32-11-8-28(32)20-42-21-36(14-5-7-26-16-30(38)10-12-31(26)36)22-47-34-13-9-27(17-33(34)42)35(43)41-48(44,45)25(24)2/h4,9-10,12-13,15-19,23-25,28,32H,5-8,11,14,20-22H2,1-3H3,(H,41,43)/b15-4-/t24-,25+,28-,32+,36-,37+/m0/s1. The highest BCUT2D eigenvalue weighted by Gasteiger charge is 2.50. The Bertz CT molecular complexity index is 1840. The average molecular weight is 691 g/mol. The van der Waals surface area contributed by atoms with E-state index in [1.54, 1.807) is 26.2 Å². The first kappa shape index (κ1) is 33.0. The highest BCUT2D eigenvalue weighted by Crippen LogP contribution is 2.52. The fourth-order valence-corrected chi connectivity index (χ4v) is 9.88. The van der Waals surface area contributed by atoms with Crippen LogP contribution in [0.3, 0.4) is 0 Å². The van der Waals surface area contributed by atoms with Crippen LogP contribution < -0.4 is 14.4 Å².